The number of fused-ring (bicyclic) bond motifs is 2. The first-order valence-electron chi connectivity index (χ1n) is 12.9. The Balaban J connectivity index is 1.39. The first-order chi connectivity index (χ1) is 16.4. The van der Waals surface area contributed by atoms with Crippen LogP contribution in [0, 0.1) is 25.3 Å². The van der Waals surface area contributed by atoms with Gasteiger partial charge in [-0.15, -0.1) is 5.92 Å². The number of hydrogen-bond acceptors (Lipinski definition) is 4. The van der Waals surface area contributed by atoms with Crippen molar-refractivity contribution in [2.75, 3.05) is 26.2 Å². The van der Waals surface area contributed by atoms with Gasteiger partial charge in [0.25, 0.3) is 11.5 Å². The van der Waals surface area contributed by atoms with E-state index in [1.54, 1.807) is 6.07 Å². The number of phenolic OH excluding ortho intramolecular Hbond substituents is 1. The molecular formula is C28H34N3O3-. The van der Waals surface area contributed by atoms with Crippen LogP contribution in [0.1, 0.15) is 64.8 Å². The topological polar surface area (TPSA) is 76.6 Å². The van der Waals surface area contributed by atoms with Crippen LogP contribution in [0.25, 0.3) is 0 Å². The Labute approximate surface area is 201 Å². The number of aromatic amines is 1. The van der Waals surface area contributed by atoms with E-state index in [0.717, 1.165) is 75.5 Å². The number of aryl methyl sites for hydroxylation is 1. The van der Waals surface area contributed by atoms with E-state index < -0.39 is 0 Å². The van der Waals surface area contributed by atoms with Gasteiger partial charge >= 0.3 is 0 Å². The van der Waals surface area contributed by atoms with Gasteiger partial charge in [0.15, 0.2) is 0 Å². The van der Waals surface area contributed by atoms with Crippen LogP contribution in [0.5, 0.6) is 5.75 Å². The quantitative estimate of drug-likeness (QED) is 0.684. The molecular weight excluding hydrogens is 426 g/mol. The van der Waals surface area contributed by atoms with Crippen LogP contribution in [-0.4, -0.2) is 52.0 Å². The molecule has 0 bridgehead atoms. The van der Waals surface area contributed by atoms with E-state index in [9.17, 15) is 14.7 Å². The van der Waals surface area contributed by atoms with Crippen LogP contribution in [0.2, 0.25) is 0 Å². The van der Waals surface area contributed by atoms with Crippen molar-refractivity contribution in [2.24, 2.45) is 11.8 Å². The number of H-pyrrole nitrogens is 1. The third-order valence-corrected chi connectivity index (χ3v) is 8.66. The van der Waals surface area contributed by atoms with E-state index in [1.807, 2.05) is 23.1 Å². The lowest BCUT2D eigenvalue weighted by molar-refractivity contribution is 0.0790. The fourth-order valence-corrected chi connectivity index (χ4v) is 6.58. The fraction of sp³-hybridized carbons (Fsp3) is 0.536. The molecule has 34 heavy (non-hydrogen) atoms. The molecule has 2 aliphatic heterocycles. The van der Waals surface area contributed by atoms with Gasteiger partial charge in [0.2, 0.25) is 0 Å². The summed E-state index contributed by atoms with van der Waals surface area (Å²) < 4.78 is 0. The van der Waals surface area contributed by atoms with Crippen molar-refractivity contribution >= 4 is 5.91 Å². The molecule has 3 heterocycles. The molecule has 6 heteroatoms. The molecule has 0 spiro atoms. The second-order valence-corrected chi connectivity index (χ2v) is 11.0. The second-order valence-electron chi connectivity index (χ2n) is 11.0. The smallest absolute Gasteiger partial charge is 0.261 e. The van der Waals surface area contributed by atoms with Gasteiger partial charge < -0.3 is 19.9 Å². The van der Waals surface area contributed by atoms with Gasteiger partial charge in [-0.3, -0.25) is 16.1 Å². The van der Waals surface area contributed by atoms with Crippen LogP contribution in [-0.2, 0) is 18.3 Å². The minimum absolute atomic E-state index is 0.134. The Kier molecular flexibility index (Phi) is 5.32. The number of amides is 1. The molecule has 4 aliphatic rings. The highest BCUT2D eigenvalue weighted by Gasteiger charge is 2.44. The van der Waals surface area contributed by atoms with Gasteiger partial charge in [0.1, 0.15) is 11.3 Å². The molecule has 2 N–H and O–H groups in total. The lowest BCUT2D eigenvalue weighted by Gasteiger charge is -2.58. The summed E-state index contributed by atoms with van der Waals surface area (Å²) in [6.07, 6.45) is 7.18. The van der Waals surface area contributed by atoms with Crippen molar-refractivity contribution in [1.29, 1.82) is 0 Å². The monoisotopic (exact) mass is 460 g/mol. The predicted molar refractivity (Wildman–Crippen MR) is 131 cm³/mol. The summed E-state index contributed by atoms with van der Waals surface area (Å²) in [5.74, 6) is 1.24. The number of pyridine rings is 1. The number of phenols is 1. The zero-order valence-electron chi connectivity index (χ0n) is 20.0. The average Bonchev–Trinajstić information content (AvgIpc) is 3.46. The van der Waals surface area contributed by atoms with Crippen molar-refractivity contribution in [3.8, 4) is 5.75 Å². The van der Waals surface area contributed by atoms with Crippen LogP contribution < -0.4 is 5.56 Å². The maximum atomic E-state index is 13.0. The largest absolute Gasteiger partial charge is 0.508 e. The number of hydrogen-bond donors (Lipinski definition) is 2. The molecule has 3 fully saturated rings. The second kappa shape index (κ2) is 8.26. The summed E-state index contributed by atoms with van der Waals surface area (Å²) in [6, 6.07) is 7.57. The number of piperidine rings is 1. The van der Waals surface area contributed by atoms with Gasteiger partial charge in [-0.25, -0.2) is 0 Å². The highest BCUT2D eigenvalue weighted by molar-refractivity contribution is 5.94. The Morgan fingerprint density at radius 3 is 2.76 bits per heavy atom. The molecule has 6 nitrogen and oxygen atoms in total. The molecule has 1 aromatic heterocycles. The number of carbonyl (C=O) groups is 1. The maximum absolute atomic E-state index is 13.0. The van der Waals surface area contributed by atoms with Crippen molar-refractivity contribution in [3.05, 3.63) is 69.1 Å². The molecule has 2 aliphatic carbocycles. The molecule has 1 saturated carbocycles. The molecule has 2 unspecified atom stereocenters. The van der Waals surface area contributed by atoms with E-state index in [4.69, 9.17) is 0 Å². The first-order valence-corrected chi connectivity index (χ1v) is 12.9. The van der Waals surface area contributed by atoms with Crippen LogP contribution >= 0.6 is 0 Å². The summed E-state index contributed by atoms with van der Waals surface area (Å²) in [4.78, 5) is 33.5. The minimum atomic E-state index is -0.271. The van der Waals surface area contributed by atoms with Gasteiger partial charge in [-0.2, -0.15) is 0 Å². The summed E-state index contributed by atoms with van der Waals surface area (Å²) in [5.41, 5.74) is 4.25. The molecule has 180 valence electrons. The zero-order chi connectivity index (χ0) is 23.4. The van der Waals surface area contributed by atoms with Gasteiger partial charge in [-0.05, 0) is 111 Å². The third-order valence-electron chi connectivity index (χ3n) is 8.66. The Hall–Kier alpha value is -2.60. The molecule has 1 amide bonds. The van der Waals surface area contributed by atoms with Crippen molar-refractivity contribution in [2.45, 2.75) is 57.3 Å². The third kappa shape index (κ3) is 3.76. The lowest BCUT2D eigenvalue weighted by Crippen LogP contribution is -2.52. The number of carbonyl (C=O) groups excluding carboxylic acids is 1. The first kappa shape index (κ1) is 21.9. The molecule has 1 aromatic carbocycles. The Morgan fingerprint density at radius 2 is 2.00 bits per heavy atom. The van der Waals surface area contributed by atoms with Crippen LogP contribution in [0.4, 0.5) is 0 Å². The average molecular weight is 461 g/mol. The standard InChI is InChI=1S/C28H34N3O3/c1-18-4-7-22(32)14-24(18)28-8-11-30(16-19-5-6-19)17-21(28)12-20-13-23(26(33)29-25(20)15-28)27(34)31-9-2-3-10-31/h4,7,13-14,17,19,21,32H,2-3,5-6,8-12,15-16H2,1H3,(H,29,33)/q-1. The summed E-state index contributed by atoms with van der Waals surface area (Å²) in [7, 11) is 0. The normalized spacial score (nSPS) is 26.9. The predicted octanol–water partition coefficient (Wildman–Crippen LogP) is 3.56. The van der Waals surface area contributed by atoms with E-state index in [-0.39, 0.29) is 28.4 Å². The SMILES string of the molecule is Cc1ccc(O)cc1C12CCN(CC3CC3)[CH-]C1Cc1cc(C(=O)N3CCCC3)c(=O)[nH]c1C2. The number of benzene rings is 1. The summed E-state index contributed by atoms with van der Waals surface area (Å²) in [6.45, 7) is 8.15. The molecule has 2 aromatic rings. The molecule has 6 rings (SSSR count). The maximum Gasteiger partial charge on any atom is 0.261 e. The number of nitrogens with one attached hydrogen (secondary N) is 1. The summed E-state index contributed by atoms with van der Waals surface area (Å²) >= 11 is 0. The number of aromatic hydroxyl groups is 1. The number of likely N-dealkylation sites (tertiary alicyclic amines) is 2. The van der Waals surface area contributed by atoms with Crippen molar-refractivity contribution in [1.82, 2.24) is 14.8 Å². The van der Waals surface area contributed by atoms with Crippen LogP contribution in [0.15, 0.2) is 29.1 Å². The van der Waals surface area contributed by atoms with E-state index in [0.29, 0.717) is 5.75 Å². The Bertz CT molecular complexity index is 1180. The lowest BCUT2D eigenvalue weighted by atomic mass is 9.58. The summed E-state index contributed by atoms with van der Waals surface area (Å²) in [5, 5.41) is 10.4. The molecule has 0 radical (unpaired) electrons. The van der Waals surface area contributed by atoms with Crippen molar-refractivity contribution < 1.29 is 9.90 Å². The van der Waals surface area contributed by atoms with E-state index >= 15 is 0 Å². The number of aromatic nitrogens is 1. The van der Waals surface area contributed by atoms with E-state index in [2.05, 4.69) is 23.4 Å². The number of nitrogens with zero attached hydrogens (tertiary/aromatic N) is 2. The fourth-order valence-electron chi connectivity index (χ4n) is 6.58. The van der Waals surface area contributed by atoms with E-state index in [1.165, 1.54) is 24.0 Å². The highest BCUT2D eigenvalue weighted by atomic mass is 16.3. The van der Waals surface area contributed by atoms with Gasteiger partial charge in [0, 0.05) is 18.8 Å². The van der Waals surface area contributed by atoms with Crippen LogP contribution in [0.3, 0.4) is 0 Å². The molecule has 2 saturated heterocycles. The van der Waals surface area contributed by atoms with Gasteiger partial charge in [-0.1, -0.05) is 6.07 Å². The van der Waals surface area contributed by atoms with Gasteiger partial charge in [0.05, 0.1) is 0 Å². The molecule has 2 atom stereocenters. The minimum Gasteiger partial charge on any atom is -0.508 e. The zero-order valence-corrected chi connectivity index (χ0v) is 20.0. The highest BCUT2D eigenvalue weighted by Crippen LogP contribution is 2.50. The Morgan fingerprint density at radius 1 is 1.21 bits per heavy atom. The van der Waals surface area contributed by atoms with Crippen molar-refractivity contribution in [3.63, 3.8) is 0 Å². The number of rotatable bonds is 4.